The Hall–Kier alpha value is -1.93. The van der Waals surface area contributed by atoms with E-state index in [1.54, 1.807) is 6.92 Å². The summed E-state index contributed by atoms with van der Waals surface area (Å²) in [5, 5.41) is 13.9. The van der Waals surface area contributed by atoms with Gasteiger partial charge < -0.3 is 0 Å². The third-order valence-electron chi connectivity index (χ3n) is 3.12. The number of nitrogens with zero attached hydrogens (tertiary/aromatic N) is 1. The Labute approximate surface area is 148 Å². The van der Waals surface area contributed by atoms with E-state index >= 15 is 0 Å². The molecule has 0 aliphatic rings. The highest BCUT2D eigenvalue weighted by Gasteiger charge is 2.20. The van der Waals surface area contributed by atoms with E-state index in [1.165, 1.54) is 36.4 Å². The van der Waals surface area contributed by atoms with Gasteiger partial charge in [-0.1, -0.05) is 6.07 Å². The first-order valence-corrected chi connectivity index (χ1v) is 10.2. The van der Waals surface area contributed by atoms with Gasteiger partial charge in [-0.2, -0.15) is 5.26 Å². The predicted molar refractivity (Wildman–Crippen MR) is 92.2 cm³/mol. The van der Waals surface area contributed by atoms with Crippen LogP contribution in [0.4, 0.5) is 5.69 Å². The molecule has 10 heteroatoms. The molecule has 0 fully saturated rings. The van der Waals surface area contributed by atoms with Crippen LogP contribution in [0.15, 0.2) is 50.7 Å². The lowest BCUT2D eigenvalue weighted by Gasteiger charge is -2.12. The van der Waals surface area contributed by atoms with Gasteiger partial charge >= 0.3 is 0 Å². The molecule has 0 bridgehead atoms. The second kappa shape index (κ2) is 6.52. The third kappa shape index (κ3) is 3.93. The van der Waals surface area contributed by atoms with Crippen LogP contribution in [0.3, 0.4) is 0 Å². The Balaban J connectivity index is 2.46. The van der Waals surface area contributed by atoms with E-state index < -0.39 is 20.0 Å². The molecular formula is C14H12BrN3O4S2. The molecule has 24 heavy (non-hydrogen) atoms. The molecule has 0 saturated carbocycles. The summed E-state index contributed by atoms with van der Waals surface area (Å²) in [6, 6.07) is 9.88. The molecule has 0 aliphatic heterocycles. The largest absolute Gasteiger partial charge is 0.278 e. The van der Waals surface area contributed by atoms with Crippen LogP contribution < -0.4 is 9.86 Å². The number of primary sulfonamides is 1. The topological polar surface area (TPSA) is 130 Å². The van der Waals surface area contributed by atoms with E-state index in [-0.39, 0.29) is 25.5 Å². The van der Waals surface area contributed by atoms with E-state index in [1.807, 2.05) is 6.07 Å². The molecule has 0 spiro atoms. The smallest absolute Gasteiger partial charge is 0.262 e. The minimum Gasteiger partial charge on any atom is -0.278 e. The summed E-state index contributed by atoms with van der Waals surface area (Å²) < 4.78 is 50.3. The quantitative estimate of drug-likeness (QED) is 0.767. The SMILES string of the molecule is Cc1ccc(C#N)cc1S(=O)(=O)Nc1ccc(S(N)(=O)=O)cc1Br. The molecule has 2 aromatic rings. The van der Waals surface area contributed by atoms with Crippen molar-refractivity contribution in [1.29, 1.82) is 5.26 Å². The van der Waals surface area contributed by atoms with Gasteiger partial charge in [-0.3, -0.25) is 4.72 Å². The number of rotatable bonds is 4. The molecule has 0 aliphatic carbocycles. The average molecular weight is 430 g/mol. The molecule has 0 unspecified atom stereocenters. The van der Waals surface area contributed by atoms with Gasteiger partial charge in [0.15, 0.2) is 0 Å². The van der Waals surface area contributed by atoms with Gasteiger partial charge in [0.2, 0.25) is 10.0 Å². The summed E-state index contributed by atoms with van der Waals surface area (Å²) in [5.74, 6) is 0. The summed E-state index contributed by atoms with van der Waals surface area (Å²) in [6.45, 7) is 1.61. The molecule has 0 heterocycles. The highest BCUT2D eigenvalue weighted by Crippen LogP contribution is 2.28. The van der Waals surface area contributed by atoms with Gasteiger partial charge in [0, 0.05) is 4.47 Å². The van der Waals surface area contributed by atoms with Gasteiger partial charge in [0.25, 0.3) is 10.0 Å². The number of hydrogen-bond acceptors (Lipinski definition) is 5. The van der Waals surface area contributed by atoms with Crippen LogP contribution in [0.1, 0.15) is 11.1 Å². The molecule has 3 N–H and O–H groups in total. The summed E-state index contributed by atoms with van der Waals surface area (Å²) in [5.41, 5.74) is 0.826. The van der Waals surface area contributed by atoms with Crippen LogP contribution >= 0.6 is 15.9 Å². The van der Waals surface area contributed by atoms with E-state index in [9.17, 15) is 16.8 Å². The zero-order valence-corrected chi connectivity index (χ0v) is 15.5. The average Bonchev–Trinajstić information content (AvgIpc) is 2.48. The van der Waals surface area contributed by atoms with Gasteiger partial charge in [-0.25, -0.2) is 22.0 Å². The monoisotopic (exact) mass is 429 g/mol. The zero-order valence-electron chi connectivity index (χ0n) is 12.3. The van der Waals surface area contributed by atoms with E-state index in [2.05, 4.69) is 20.7 Å². The van der Waals surface area contributed by atoms with Gasteiger partial charge in [-0.05, 0) is 58.7 Å². The lowest BCUT2D eigenvalue weighted by molar-refractivity contribution is 0.597. The Morgan fingerprint density at radius 1 is 1.12 bits per heavy atom. The fraction of sp³-hybridized carbons (Fsp3) is 0.0714. The Kier molecular flexibility index (Phi) is 5.00. The minimum absolute atomic E-state index is 0.0380. The molecule has 2 rings (SSSR count). The molecule has 0 radical (unpaired) electrons. The van der Waals surface area contributed by atoms with Gasteiger partial charge in [0.05, 0.1) is 27.1 Å². The zero-order chi connectivity index (χ0) is 18.1. The van der Waals surface area contributed by atoms with Crippen molar-refractivity contribution < 1.29 is 16.8 Å². The van der Waals surface area contributed by atoms with Crippen molar-refractivity contribution in [3.63, 3.8) is 0 Å². The number of aryl methyl sites for hydroxylation is 1. The predicted octanol–water partition coefficient (Wildman–Crippen LogP) is 2.08. The molecule has 2 aromatic carbocycles. The number of nitriles is 1. The number of nitrogens with one attached hydrogen (secondary N) is 1. The fourth-order valence-corrected chi connectivity index (χ4v) is 4.57. The normalized spacial score (nSPS) is 11.8. The summed E-state index contributed by atoms with van der Waals surface area (Å²) in [7, 11) is -7.86. The number of nitrogens with two attached hydrogens (primary N) is 1. The van der Waals surface area contributed by atoms with Crippen molar-refractivity contribution in [3.8, 4) is 6.07 Å². The Bertz CT molecular complexity index is 1060. The number of sulfonamides is 2. The number of hydrogen-bond donors (Lipinski definition) is 2. The lowest BCUT2D eigenvalue weighted by atomic mass is 10.2. The van der Waals surface area contributed by atoms with Crippen molar-refractivity contribution in [3.05, 3.63) is 52.0 Å². The van der Waals surface area contributed by atoms with Crippen LogP contribution in [0, 0.1) is 18.3 Å². The molecule has 0 atom stereocenters. The van der Waals surface area contributed by atoms with Crippen molar-refractivity contribution in [2.75, 3.05) is 4.72 Å². The van der Waals surface area contributed by atoms with Crippen LogP contribution in [0.2, 0.25) is 0 Å². The van der Waals surface area contributed by atoms with E-state index in [4.69, 9.17) is 10.4 Å². The van der Waals surface area contributed by atoms with Crippen LogP contribution in [-0.4, -0.2) is 16.8 Å². The van der Waals surface area contributed by atoms with Crippen molar-refractivity contribution in [1.82, 2.24) is 0 Å². The highest BCUT2D eigenvalue weighted by molar-refractivity contribution is 9.10. The number of anilines is 1. The maximum Gasteiger partial charge on any atom is 0.262 e. The Morgan fingerprint density at radius 2 is 1.79 bits per heavy atom. The number of halogens is 1. The van der Waals surface area contributed by atoms with E-state index in [0.717, 1.165) is 0 Å². The summed E-state index contributed by atoms with van der Waals surface area (Å²) in [6.07, 6.45) is 0. The second-order valence-electron chi connectivity index (χ2n) is 4.88. The highest BCUT2D eigenvalue weighted by atomic mass is 79.9. The number of benzene rings is 2. The third-order valence-corrected chi connectivity index (χ3v) is 6.19. The first kappa shape index (κ1) is 18.4. The molecule has 0 aromatic heterocycles. The van der Waals surface area contributed by atoms with Crippen LogP contribution in [0.25, 0.3) is 0 Å². The second-order valence-corrected chi connectivity index (χ2v) is 8.95. The van der Waals surface area contributed by atoms with Gasteiger partial charge in [0.1, 0.15) is 0 Å². The van der Waals surface area contributed by atoms with Crippen molar-refractivity contribution in [2.45, 2.75) is 16.7 Å². The van der Waals surface area contributed by atoms with Crippen molar-refractivity contribution >= 4 is 41.7 Å². The van der Waals surface area contributed by atoms with E-state index in [0.29, 0.717) is 5.56 Å². The maximum absolute atomic E-state index is 12.5. The summed E-state index contributed by atoms with van der Waals surface area (Å²) in [4.78, 5) is -0.191. The maximum atomic E-state index is 12.5. The molecule has 0 amide bonds. The summed E-state index contributed by atoms with van der Waals surface area (Å²) >= 11 is 3.11. The fourth-order valence-electron chi connectivity index (χ4n) is 1.91. The molecule has 0 saturated heterocycles. The standard InChI is InChI=1S/C14H12BrN3O4S2/c1-9-2-3-10(8-16)6-14(9)24(21,22)18-13-5-4-11(7-12(13)15)23(17,19)20/h2-7,18H,1H3,(H2,17,19,20). The van der Waals surface area contributed by atoms with Crippen LogP contribution in [0.5, 0.6) is 0 Å². The molecular weight excluding hydrogens is 418 g/mol. The van der Waals surface area contributed by atoms with Gasteiger partial charge in [-0.15, -0.1) is 0 Å². The first-order chi connectivity index (χ1) is 11.0. The molecule has 7 nitrogen and oxygen atoms in total. The lowest BCUT2D eigenvalue weighted by Crippen LogP contribution is -2.16. The van der Waals surface area contributed by atoms with Crippen LogP contribution in [-0.2, 0) is 20.0 Å². The first-order valence-electron chi connectivity index (χ1n) is 6.40. The Morgan fingerprint density at radius 3 is 2.33 bits per heavy atom. The molecule has 126 valence electrons. The minimum atomic E-state index is -3.96. The van der Waals surface area contributed by atoms with Crippen molar-refractivity contribution in [2.24, 2.45) is 5.14 Å².